The summed E-state index contributed by atoms with van der Waals surface area (Å²) in [5.74, 6) is 0.906. The second-order valence-electron chi connectivity index (χ2n) is 5.15. The van der Waals surface area contributed by atoms with Gasteiger partial charge >= 0.3 is 0 Å². The molecule has 0 unspecified atom stereocenters. The van der Waals surface area contributed by atoms with Gasteiger partial charge in [-0.25, -0.2) is 0 Å². The fourth-order valence-corrected chi connectivity index (χ4v) is 2.79. The molecule has 0 aliphatic heterocycles. The van der Waals surface area contributed by atoms with E-state index in [-0.39, 0.29) is 0 Å². The number of aryl methyl sites for hydroxylation is 2. The highest BCUT2D eigenvalue weighted by atomic mass is 16.1. The lowest BCUT2D eigenvalue weighted by Gasteiger charge is -2.20. The van der Waals surface area contributed by atoms with Crippen molar-refractivity contribution in [2.45, 2.75) is 51.9 Å². The van der Waals surface area contributed by atoms with E-state index in [1.807, 2.05) is 13.2 Å². The van der Waals surface area contributed by atoms with Gasteiger partial charge in [0.2, 0.25) is 0 Å². The SMILES string of the molecule is CCc1nn(C)cc1C(=O)CC1CCCCC1. The van der Waals surface area contributed by atoms with Crippen molar-refractivity contribution in [3.05, 3.63) is 17.5 Å². The van der Waals surface area contributed by atoms with Gasteiger partial charge in [-0.3, -0.25) is 9.48 Å². The molecule has 1 fully saturated rings. The van der Waals surface area contributed by atoms with E-state index in [2.05, 4.69) is 12.0 Å². The molecule has 2 rings (SSSR count). The number of aromatic nitrogens is 2. The number of carbonyl (C=O) groups is 1. The fraction of sp³-hybridized carbons (Fsp3) is 0.714. The third kappa shape index (κ3) is 2.96. The van der Waals surface area contributed by atoms with Crippen LogP contribution in [0.25, 0.3) is 0 Å². The molecule has 0 atom stereocenters. The normalized spacial score (nSPS) is 17.3. The molecule has 0 radical (unpaired) electrons. The van der Waals surface area contributed by atoms with Crippen LogP contribution in [-0.4, -0.2) is 15.6 Å². The smallest absolute Gasteiger partial charge is 0.166 e. The van der Waals surface area contributed by atoms with Crippen LogP contribution in [0.5, 0.6) is 0 Å². The molecule has 94 valence electrons. The predicted octanol–water partition coefficient (Wildman–Crippen LogP) is 3.14. The minimum atomic E-state index is 0.293. The molecular formula is C14H22N2O. The van der Waals surface area contributed by atoms with E-state index < -0.39 is 0 Å². The number of hydrogen-bond acceptors (Lipinski definition) is 2. The zero-order valence-electron chi connectivity index (χ0n) is 10.9. The topological polar surface area (TPSA) is 34.9 Å². The van der Waals surface area contributed by atoms with Gasteiger partial charge < -0.3 is 0 Å². The summed E-state index contributed by atoms with van der Waals surface area (Å²) < 4.78 is 1.76. The van der Waals surface area contributed by atoms with Crippen molar-refractivity contribution in [2.75, 3.05) is 0 Å². The molecule has 1 saturated carbocycles. The van der Waals surface area contributed by atoms with Gasteiger partial charge in [0, 0.05) is 19.7 Å². The van der Waals surface area contributed by atoms with Gasteiger partial charge in [0.05, 0.1) is 11.3 Å². The van der Waals surface area contributed by atoms with Gasteiger partial charge in [-0.15, -0.1) is 0 Å². The minimum absolute atomic E-state index is 0.293. The summed E-state index contributed by atoms with van der Waals surface area (Å²) in [6, 6.07) is 0. The first-order valence-electron chi connectivity index (χ1n) is 6.76. The van der Waals surface area contributed by atoms with Crippen LogP contribution < -0.4 is 0 Å². The Balaban J connectivity index is 2.02. The molecule has 1 aliphatic rings. The molecule has 1 aromatic rings. The van der Waals surface area contributed by atoms with Crippen LogP contribution in [0.2, 0.25) is 0 Å². The van der Waals surface area contributed by atoms with Crippen molar-refractivity contribution in [3.8, 4) is 0 Å². The second-order valence-corrected chi connectivity index (χ2v) is 5.15. The van der Waals surface area contributed by atoms with Crippen LogP contribution in [0.3, 0.4) is 0 Å². The molecule has 0 saturated heterocycles. The van der Waals surface area contributed by atoms with Crippen LogP contribution in [0.15, 0.2) is 6.20 Å². The van der Waals surface area contributed by atoms with E-state index in [4.69, 9.17) is 0 Å². The van der Waals surface area contributed by atoms with Crippen LogP contribution in [-0.2, 0) is 13.5 Å². The highest BCUT2D eigenvalue weighted by Crippen LogP contribution is 2.27. The maximum atomic E-state index is 12.3. The largest absolute Gasteiger partial charge is 0.294 e. The summed E-state index contributed by atoms with van der Waals surface area (Å²) >= 11 is 0. The van der Waals surface area contributed by atoms with E-state index in [1.54, 1.807) is 4.68 Å². The Hall–Kier alpha value is -1.12. The van der Waals surface area contributed by atoms with E-state index in [0.29, 0.717) is 11.7 Å². The van der Waals surface area contributed by atoms with Gasteiger partial charge in [0.1, 0.15) is 0 Å². The first kappa shape index (κ1) is 12.3. The maximum Gasteiger partial charge on any atom is 0.166 e. The highest BCUT2D eigenvalue weighted by Gasteiger charge is 2.20. The van der Waals surface area contributed by atoms with Crippen molar-refractivity contribution < 1.29 is 4.79 Å². The van der Waals surface area contributed by atoms with Gasteiger partial charge in [0.25, 0.3) is 0 Å². The molecule has 17 heavy (non-hydrogen) atoms. The number of hydrogen-bond donors (Lipinski definition) is 0. The Kier molecular flexibility index (Phi) is 3.97. The standard InChI is InChI=1S/C14H22N2O/c1-3-13-12(10-16(2)15-13)14(17)9-11-7-5-4-6-8-11/h10-11H,3-9H2,1-2H3. The third-order valence-corrected chi connectivity index (χ3v) is 3.74. The third-order valence-electron chi connectivity index (χ3n) is 3.74. The lowest BCUT2D eigenvalue weighted by Crippen LogP contribution is -2.12. The molecule has 1 aromatic heterocycles. The molecule has 1 aliphatic carbocycles. The number of nitrogens with zero attached hydrogens (tertiary/aromatic N) is 2. The van der Waals surface area contributed by atoms with Crippen molar-refractivity contribution >= 4 is 5.78 Å². The van der Waals surface area contributed by atoms with Crippen molar-refractivity contribution in [1.29, 1.82) is 0 Å². The molecule has 0 spiro atoms. The lowest BCUT2D eigenvalue weighted by molar-refractivity contribution is 0.0949. The van der Waals surface area contributed by atoms with E-state index >= 15 is 0 Å². The Morgan fingerprint density at radius 2 is 2.12 bits per heavy atom. The lowest BCUT2D eigenvalue weighted by atomic mass is 9.85. The van der Waals surface area contributed by atoms with E-state index in [9.17, 15) is 4.79 Å². The van der Waals surface area contributed by atoms with E-state index in [0.717, 1.165) is 24.1 Å². The highest BCUT2D eigenvalue weighted by molar-refractivity contribution is 5.97. The zero-order valence-corrected chi connectivity index (χ0v) is 10.9. The first-order valence-corrected chi connectivity index (χ1v) is 6.76. The molecule has 0 aromatic carbocycles. The Bertz CT molecular complexity index is 389. The van der Waals surface area contributed by atoms with Gasteiger partial charge in [0.15, 0.2) is 5.78 Å². The molecule has 0 N–H and O–H groups in total. The average molecular weight is 234 g/mol. The quantitative estimate of drug-likeness (QED) is 0.750. The summed E-state index contributed by atoms with van der Waals surface area (Å²) in [6.07, 6.45) is 9.84. The second kappa shape index (κ2) is 5.48. The summed E-state index contributed by atoms with van der Waals surface area (Å²) in [5, 5.41) is 4.34. The molecular weight excluding hydrogens is 212 g/mol. The molecule has 3 nitrogen and oxygen atoms in total. The summed E-state index contributed by atoms with van der Waals surface area (Å²) in [6.45, 7) is 2.06. The van der Waals surface area contributed by atoms with Crippen molar-refractivity contribution in [3.63, 3.8) is 0 Å². The number of rotatable bonds is 4. The van der Waals surface area contributed by atoms with Crippen LogP contribution in [0.4, 0.5) is 0 Å². The summed E-state index contributed by atoms with van der Waals surface area (Å²) in [4.78, 5) is 12.3. The van der Waals surface area contributed by atoms with Crippen LogP contribution in [0, 0.1) is 5.92 Å². The Morgan fingerprint density at radius 1 is 1.41 bits per heavy atom. The number of ketones is 1. The van der Waals surface area contributed by atoms with Crippen LogP contribution >= 0.6 is 0 Å². The van der Waals surface area contributed by atoms with Gasteiger partial charge in [-0.1, -0.05) is 39.0 Å². The molecule has 1 heterocycles. The summed E-state index contributed by atoms with van der Waals surface area (Å²) in [5.41, 5.74) is 1.80. The summed E-state index contributed by atoms with van der Waals surface area (Å²) in [7, 11) is 1.89. The monoisotopic (exact) mass is 234 g/mol. The number of Topliss-reactive ketones (excluding diaryl/α,β-unsaturated/α-hetero) is 1. The Labute approximate surface area is 103 Å². The van der Waals surface area contributed by atoms with Gasteiger partial charge in [-0.05, 0) is 12.3 Å². The maximum absolute atomic E-state index is 12.3. The molecule has 0 amide bonds. The zero-order chi connectivity index (χ0) is 12.3. The minimum Gasteiger partial charge on any atom is -0.294 e. The number of carbonyl (C=O) groups excluding carboxylic acids is 1. The van der Waals surface area contributed by atoms with Crippen molar-refractivity contribution in [1.82, 2.24) is 9.78 Å². The Morgan fingerprint density at radius 3 is 2.76 bits per heavy atom. The fourth-order valence-electron chi connectivity index (χ4n) is 2.79. The molecule has 3 heteroatoms. The average Bonchev–Trinajstić information content (AvgIpc) is 2.72. The molecule has 0 bridgehead atoms. The van der Waals surface area contributed by atoms with Crippen molar-refractivity contribution in [2.24, 2.45) is 13.0 Å². The van der Waals surface area contributed by atoms with E-state index in [1.165, 1.54) is 32.1 Å². The van der Waals surface area contributed by atoms with Crippen LogP contribution in [0.1, 0.15) is 61.5 Å². The van der Waals surface area contributed by atoms with Gasteiger partial charge in [-0.2, -0.15) is 5.10 Å². The predicted molar refractivity (Wildman–Crippen MR) is 68.1 cm³/mol. The first-order chi connectivity index (χ1) is 8.20.